The summed E-state index contributed by atoms with van der Waals surface area (Å²) in [6, 6.07) is 5.65. The fourth-order valence-electron chi connectivity index (χ4n) is 1.50. The fraction of sp³-hybridized carbons (Fsp3) is 0.167. The maximum atomic E-state index is 9.13. The Morgan fingerprint density at radius 3 is 2.95 bits per heavy atom. The van der Waals surface area contributed by atoms with Crippen LogP contribution in [-0.2, 0) is 6.54 Å². The van der Waals surface area contributed by atoms with Gasteiger partial charge >= 0.3 is 0 Å². The number of benzene rings is 1. The van der Waals surface area contributed by atoms with E-state index >= 15 is 0 Å². The van der Waals surface area contributed by atoms with Crippen molar-refractivity contribution in [2.24, 2.45) is 0 Å². The Labute approximate surface area is 128 Å². The van der Waals surface area contributed by atoms with Crippen LogP contribution in [0.3, 0.4) is 0 Å². The van der Waals surface area contributed by atoms with Crippen LogP contribution < -0.4 is 10.1 Å². The van der Waals surface area contributed by atoms with Crippen molar-refractivity contribution in [3.05, 3.63) is 37.7 Å². The monoisotopic (exact) mass is 357 g/mol. The van der Waals surface area contributed by atoms with Gasteiger partial charge in [0, 0.05) is 17.1 Å². The van der Waals surface area contributed by atoms with Gasteiger partial charge < -0.3 is 10.1 Å². The van der Waals surface area contributed by atoms with Gasteiger partial charge in [0.05, 0.1) is 29.4 Å². The molecule has 1 N–H and O–H groups in total. The molecule has 0 aliphatic rings. The maximum absolute atomic E-state index is 9.13. The first-order chi connectivity index (χ1) is 9.13. The maximum Gasteiger partial charge on any atom is 0.183 e. The van der Waals surface area contributed by atoms with Crippen LogP contribution >= 0.6 is 38.9 Å². The Bertz CT molecular complexity index is 638. The van der Waals surface area contributed by atoms with Gasteiger partial charge in [-0.2, -0.15) is 5.26 Å². The fourth-order valence-corrected chi connectivity index (χ4v) is 2.92. The average molecular weight is 359 g/mol. The second-order valence-corrected chi connectivity index (χ2v) is 6.13. The van der Waals surface area contributed by atoms with Crippen LogP contribution in [-0.4, -0.2) is 12.1 Å². The summed E-state index contributed by atoms with van der Waals surface area (Å²) < 4.78 is 6.47. The van der Waals surface area contributed by atoms with Gasteiger partial charge in [-0.25, -0.2) is 4.98 Å². The molecule has 0 fully saturated rings. The Hall–Kier alpha value is -1.29. The number of thiazole rings is 1. The summed E-state index contributed by atoms with van der Waals surface area (Å²) in [7, 11) is 1.58. The van der Waals surface area contributed by atoms with Gasteiger partial charge in [0.1, 0.15) is 11.8 Å². The van der Waals surface area contributed by atoms with E-state index in [-0.39, 0.29) is 0 Å². The van der Waals surface area contributed by atoms with E-state index in [1.807, 2.05) is 0 Å². The lowest BCUT2D eigenvalue weighted by Gasteiger charge is -2.10. The van der Waals surface area contributed by atoms with Crippen molar-refractivity contribution in [2.75, 3.05) is 12.4 Å². The minimum atomic E-state index is 0.505. The van der Waals surface area contributed by atoms with Crippen molar-refractivity contribution in [3.8, 4) is 11.8 Å². The van der Waals surface area contributed by atoms with Gasteiger partial charge in [-0.3, -0.25) is 0 Å². The third kappa shape index (κ3) is 3.38. The molecule has 0 bridgehead atoms. The highest BCUT2D eigenvalue weighted by molar-refractivity contribution is 9.10. The topological polar surface area (TPSA) is 57.9 Å². The number of aromatic nitrogens is 1. The van der Waals surface area contributed by atoms with Crippen LogP contribution in [0.25, 0.3) is 0 Å². The SMILES string of the molecule is COc1cc(NCc2cnc(Cl)s2)c(C#N)cc1Br. The van der Waals surface area contributed by atoms with Crippen LogP contribution in [0.4, 0.5) is 5.69 Å². The van der Waals surface area contributed by atoms with Gasteiger partial charge in [0.25, 0.3) is 0 Å². The molecule has 7 heteroatoms. The number of anilines is 1. The van der Waals surface area contributed by atoms with Crippen LogP contribution in [0, 0.1) is 11.3 Å². The standard InChI is InChI=1S/C12H9BrClN3OS/c1-18-11-3-10(7(4-15)2-9(11)13)16-5-8-6-17-12(14)19-8/h2-3,6,16H,5H2,1H3. The Kier molecular flexibility index (Phi) is 4.64. The van der Waals surface area contributed by atoms with E-state index in [0.29, 0.717) is 28.0 Å². The lowest BCUT2D eigenvalue weighted by Crippen LogP contribution is -2.00. The van der Waals surface area contributed by atoms with E-state index in [1.54, 1.807) is 25.4 Å². The average Bonchev–Trinajstić information content (AvgIpc) is 2.82. The van der Waals surface area contributed by atoms with Gasteiger partial charge in [-0.05, 0) is 22.0 Å². The largest absolute Gasteiger partial charge is 0.495 e. The van der Waals surface area contributed by atoms with E-state index < -0.39 is 0 Å². The molecule has 2 aromatic rings. The molecule has 0 atom stereocenters. The minimum absolute atomic E-state index is 0.505. The minimum Gasteiger partial charge on any atom is -0.495 e. The number of halogens is 2. The first-order valence-electron chi connectivity index (χ1n) is 5.25. The summed E-state index contributed by atoms with van der Waals surface area (Å²) in [6.45, 7) is 0.559. The highest BCUT2D eigenvalue weighted by Gasteiger charge is 2.09. The molecule has 1 aromatic heterocycles. The Morgan fingerprint density at radius 1 is 1.58 bits per heavy atom. The molecule has 4 nitrogen and oxygen atoms in total. The van der Waals surface area contributed by atoms with Gasteiger partial charge in [-0.1, -0.05) is 11.6 Å². The van der Waals surface area contributed by atoms with Gasteiger partial charge in [0.15, 0.2) is 4.47 Å². The highest BCUT2D eigenvalue weighted by Crippen LogP contribution is 2.31. The third-order valence-corrected chi connectivity index (χ3v) is 4.13. The van der Waals surface area contributed by atoms with E-state index in [1.165, 1.54) is 11.3 Å². The van der Waals surface area contributed by atoms with Crippen LogP contribution in [0.2, 0.25) is 4.47 Å². The first kappa shape index (κ1) is 14.1. The van der Waals surface area contributed by atoms with E-state index in [4.69, 9.17) is 21.6 Å². The molecule has 0 unspecified atom stereocenters. The summed E-state index contributed by atoms with van der Waals surface area (Å²) >= 11 is 10.5. The second-order valence-electron chi connectivity index (χ2n) is 3.58. The quantitative estimate of drug-likeness (QED) is 0.895. The zero-order valence-electron chi connectivity index (χ0n) is 9.91. The van der Waals surface area contributed by atoms with E-state index in [9.17, 15) is 0 Å². The van der Waals surface area contributed by atoms with Crippen LogP contribution in [0.5, 0.6) is 5.75 Å². The summed E-state index contributed by atoms with van der Waals surface area (Å²) in [6.07, 6.45) is 1.71. The molecule has 98 valence electrons. The number of nitriles is 1. The van der Waals surface area contributed by atoms with Crippen molar-refractivity contribution in [2.45, 2.75) is 6.54 Å². The molecule has 0 aliphatic heterocycles. The summed E-state index contributed by atoms with van der Waals surface area (Å²) in [5.74, 6) is 0.670. The third-order valence-electron chi connectivity index (χ3n) is 2.39. The predicted octanol–water partition coefficient (Wildman–Crippen LogP) is 4.05. The molecule has 1 heterocycles. The molecular weight excluding hydrogens is 350 g/mol. The summed E-state index contributed by atoms with van der Waals surface area (Å²) in [5.41, 5.74) is 1.26. The first-order valence-corrected chi connectivity index (χ1v) is 7.24. The number of methoxy groups -OCH3 is 1. The zero-order valence-corrected chi connectivity index (χ0v) is 13.1. The molecular formula is C12H9BrClN3OS. The van der Waals surface area contributed by atoms with Crippen molar-refractivity contribution in [1.82, 2.24) is 4.98 Å². The molecule has 0 saturated carbocycles. The molecule has 0 amide bonds. The summed E-state index contributed by atoms with van der Waals surface area (Å²) in [5, 5.41) is 12.3. The lowest BCUT2D eigenvalue weighted by atomic mass is 10.2. The van der Waals surface area contributed by atoms with Crippen LogP contribution in [0.15, 0.2) is 22.8 Å². The van der Waals surface area contributed by atoms with E-state index in [2.05, 4.69) is 32.3 Å². The molecule has 2 rings (SSSR count). The number of nitrogens with one attached hydrogen (secondary N) is 1. The molecule has 19 heavy (non-hydrogen) atoms. The molecule has 0 spiro atoms. The van der Waals surface area contributed by atoms with Crippen molar-refractivity contribution < 1.29 is 4.74 Å². The van der Waals surface area contributed by atoms with Gasteiger partial charge in [-0.15, -0.1) is 11.3 Å². The molecule has 1 aromatic carbocycles. The Morgan fingerprint density at radius 2 is 2.37 bits per heavy atom. The normalized spacial score (nSPS) is 10.0. The lowest BCUT2D eigenvalue weighted by molar-refractivity contribution is 0.412. The summed E-state index contributed by atoms with van der Waals surface area (Å²) in [4.78, 5) is 4.96. The molecule has 0 radical (unpaired) electrons. The van der Waals surface area contributed by atoms with Crippen molar-refractivity contribution in [1.29, 1.82) is 5.26 Å². The van der Waals surface area contributed by atoms with Crippen molar-refractivity contribution >= 4 is 44.6 Å². The predicted molar refractivity (Wildman–Crippen MR) is 79.9 cm³/mol. The number of rotatable bonds is 4. The molecule has 0 saturated heterocycles. The zero-order chi connectivity index (χ0) is 13.8. The number of ether oxygens (including phenoxy) is 1. The number of hydrogen-bond donors (Lipinski definition) is 1. The Balaban J connectivity index is 2.21. The van der Waals surface area contributed by atoms with Gasteiger partial charge in [0.2, 0.25) is 0 Å². The van der Waals surface area contributed by atoms with Crippen LogP contribution in [0.1, 0.15) is 10.4 Å². The van der Waals surface area contributed by atoms with Crippen molar-refractivity contribution in [3.63, 3.8) is 0 Å². The van der Waals surface area contributed by atoms with E-state index in [0.717, 1.165) is 9.35 Å². The highest BCUT2D eigenvalue weighted by atomic mass is 79.9. The smallest absolute Gasteiger partial charge is 0.183 e. The number of nitrogens with zero attached hydrogens (tertiary/aromatic N) is 2. The number of hydrogen-bond acceptors (Lipinski definition) is 5. The second kappa shape index (κ2) is 6.24. The molecule has 0 aliphatic carbocycles.